The fraction of sp³-hybridized carbons (Fsp3) is 0.111. The van der Waals surface area contributed by atoms with Crippen LogP contribution in [0.1, 0.15) is 10.4 Å². The summed E-state index contributed by atoms with van der Waals surface area (Å²) in [6.07, 6.45) is 5.77. The molecule has 1 heterocycles. The van der Waals surface area contributed by atoms with Crippen LogP contribution in [-0.2, 0) is 0 Å². The van der Waals surface area contributed by atoms with Crippen LogP contribution < -0.4 is 4.74 Å². The highest BCUT2D eigenvalue weighted by molar-refractivity contribution is 5.90. The van der Waals surface area contributed by atoms with Crippen LogP contribution in [0.25, 0.3) is 0 Å². The van der Waals surface area contributed by atoms with Gasteiger partial charge in [0.1, 0.15) is 11.4 Å². The molecule has 1 aromatic heterocycles. The summed E-state index contributed by atoms with van der Waals surface area (Å²) in [5.74, 6) is -0.0915. The molecule has 0 aliphatic carbocycles. The number of terminal acetylenes is 1. The SMILES string of the molecule is C#CCOc1ncc(F)cc1C(=O)O. The van der Waals surface area contributed by atoms with Gasteiger partial charge in [-0.1, -0.05) is 5.92 Å². The van der Waals surface area contributed by atoms with E-state index in [1.54, 1.807) is 0 Å². The molecule has 0 aromatic carbocycles. The van der Waals surface area contributed by atoms with E-state index in [0.29, 0.717) is 0 Å². The summed E-state index contributed by atoms with van der Waals surface area (Å²) in [4.78, 5) is 14.1. The Labute approximate surface area is 79.3 Å². The second-order valence-corrected chi connectivity index (χ2v) is 2.30. The average Bonchev–Trinajstić information content (AvgIpc) is 2.15. The topological polar surface area (TPSA) is 59.4 Å². The Morgan fingerprint density at radius 1 is 1.79 bits per heavy atom. The molecule has 14 heavy (non-hydrogen) atoms. The first kappa shape index (κ1) is 9.99. The minimum Gasteiger partial charge on any atom is -0.477 e. The van der Waals surface area contributed by atoms with Gasteiger partial charge in [0.25, 0.3) is 0 Å². The van der Waals surface area contributed by atoms with Gasteiger partial charge in [0.05, 0.1) is 6.20 Å². The number of hydrogen-bond donors (Lipinski definition) is 1. The predicted molar refractivity (Wildman–Crippen MR) is 45.5 cm³/mol. The van der Waals surface area contributed by atoms with E-state index in [1.165, 1.54) is 0 Å². The summed E-state index contributed by atoms with van der Waals surface area (Å²) in [6.45, 7) is -0.112. The lowest BCUT2D eigenvalue weighted by Gasteiger charge is -2.04. The molecule has 1 rings (SSSR count). The van der Waals surface area contributed by atoms with Crippen LogP contribution in [0.3, 0.4) is 0 Å². The maximum Gasteiger partial charge on any atom is 0.341 e. The molecule has 0 bridgehead atoms. The summed E-state index contributed by atoms with van der Waals surface area (Å²) in [5.41, 5.74) is -0.347. The number of halogens is 1. The number of aromatic nitrogens is 1. The number of pyridine rings is 1. The van der Waals surface area contributed by atoms with E-state index in [0.717, 1.165) is 12.3 Å². The van der Waals surface area contributed by atoms with Crippen molar-refractivity contribution in [2.45, 2.75) is 0 Å². The van der Waals surface area contributed by atoms with Gasteiger partial charge in [0, 0.05) is 0 Å². The van der Waals surface area contributed by atoms with Crippen LogP contribution in [0.2, 0.25) is 0 Å². The number of hydrogen-bond acceptors (Lipinski definition) is 3. The van der Waals surface area contributed by atoms with Gasteiger partial charge in [0.15, 0.2) is 6.61 Å². The van der Waals surface area contributed by atoms with Gasteiger partial charge < -0.3 is 9.84 Å². The summed E-state index contributed by atoms with van der Waals surface area (Å²) < 4.78 is 17.4. The Morgan fingerprint density at radius 3 is 3.07 bits per heavy atom. The normalized spacial score (nSPS) is 9.14. The van der Waals surface area contributed by atoms with Crippen molar-refractivity contribution < 1.29 is 19.0 Å². The summed E-state index contributed by atoms with van der Waals surface area (Å²) >= 11 is 0. The van der Waals surface area contributed by atoms with Crippen molar-refractivity contribution in [3.8, 4) is 18.2 Å². The first-order valence-electron chi connectivity index (χ1n) is 3.60. The fourth-order valence-electron chi connectivity index (χ4n) is 0.805. The molecule has 72 valence electrons. The molecule has 0 atom stereocenters. The Balaban J connectivity index is 3.03. The van der Waals surface area contributed by atoms with Gasteiger partial charge in [-0.25, -0.2) is 14.2 Å². The van der Waals surface area contributed by atoms with Gasteiger partial charge in [-0.15, -0.1) is 6.42 Å². The average molecular weight is 195 g/mol. The third-order valence-corrected chi connectivity index (χ3v) is 1.34. The third kappa shape index (κ3) is 2.20. The lowest BCUT2D eigenvalue weighted by molar-refractivity contribution is 0.0691. The van der Waals surface area contributed by atoms with Crippen LogP contribution in [0, 0.1) is 18.2 Å². The quantitative estimate of drug-likeness (QED) is 0.729. The number of ether oxygens (including phenoxy) is 1. The second kappa shape index (κ2) is 4.23. The lowest BCUT2D eigenvalue weighted by atomic mass is 10.3. The van der Waals surface area contributed by atoms with Gasteiger partial charge in [-0.05, 0) is 6.07 Å². The van der Waals surface area contributed by atoms with Crippen LogP contribution in [-0.4, -0.2) is 22.7 Å². The molecule has 0 fully saturated rings. The van der Waals surface area contributed by atoms with Crippen molar-refractivity contribution in [3.05, 3.63) is 23.6 Å². The standard InChI is InChI=1S/C9H6FNO3/c1-2-3-14-8-7(9(12)13)4-6(10)5-11-8/h1,4-5H,3H2,(H,12,13). The molecule has 4 nitrogen and oxygen atoms in total. The minimum absolute atomic E-state index is 0.112. The highest BCUT2D eigenvalue weighted by atomic mass is 19.1. The maximum absolute atomic E-state index is 12.6. The highest BCUT2D eigenvalue weighted by Crippen LogP contribution is 2.15. The van der Waals surface area contributed by atoms with Gasteiger partial charge in [-0.3, -0.25) is 0 Å². The van der Waals surface area contributed by atoms with Crippen LogP contribution >= 0.6 is 0 Å². The maximum atomic E-state index is 12.6. The first-order chi connectivity index (χ1) is 6.65. The molecule has 1 aromatic rings. The zero-order valence-electron chi connectivity index (χ0n) is 7.03. The Morgan fingerprint density at radius 2 is 2.50 bits per heavy atom. The van der Waals surface area contributed by atoms with Crippen molar-refractivity contribution >= 4 is 5.97 Å². The number of aromatic carboxylic acids is 1. The molecule has 0 aliphatic rings. The van der Waals surface area contributed by atoms with Crippen molar-refractivity contribution in [1.82, 2.24) is 4.98 Å². The molecule has 0 unspecified atom stereocenters. The molecule has 0 radical (unpaired) electrons. The summed E-state index contributed by atoms with van der Waals surface area (Å²) in [7, 11) is 0. The molecular weight excluding hydrogens is 189 g/mol. The molecular formula is C9H6FNO3. The van der Waals surface area contributed by atoms with Crippen molar-refractivity contribution in [2.24, 2.45) is 0 Å². The fourth-order valence-corrected chi connectivity index (χ4v) is 0.805. The molecule has 1 N–H and O–H groups in total. The van der Waals surface area contributed by atoms with E-state index < -0.39 is 11.8 Å². The van der Waals surface area contributed by atoms with E-state index in [2.05, 4.69) is 10.9 Å². The Hall–Kier alpha value is -2.09. The molecule has 0 amide bonds. The summed E-state index contributed by atoms with van der Waals surface area (Å²) in [5, 5.41) is 8.65. The minimum atomic E-state index is -1.32. The second-order valence-electron chi connectivity index (χ2n) is 2.30. The van der Waals surface area contributed by atoms with Crippen LogP contribution in [0.4, 0.5) is 4.39 Å². The van der Waals surface area contributed by atoms with E-state index in [1.807, 2.05) is 0 Å². The predicted octanol–water partition coefficient (Wildman–Crippen LogP) is 0.931. The Kier molecular flexibility index (Phi) is 3.02. The lowest BCUT2D eigenvalue weighted by Crippen LogP contribution is -2.05. The molecule has 0 saturated heterocycles. The van der Waals surface area contributed by atoms with Crippen molar-refractivity contribution in [1.29, 1.82) is 0 Å². The number of carbonyl (C=O) groups is 1. The first-order valence-corrected chi connectivity index (χ1v) is 3.60. The van der Waals surface area contributed by atoms with E-state index in [4.69, 9.17) is 16.3 Å². The number of carboxylic acid groups (broad SMARTS) is 1. The van der Waals surface area contributed by atoms with Crippen molar-refractivity contribution in [2.75, 3.05) is 6.61 Å². The van der Waals surface area contributed by atoms with Crippen LogP contribution in [0.15, 0.2) is 12.3 Å². The van der Waals surface area contributed by atoms with E-state index >= 15 is 0 Å². The molecule has 5 heteroatoms. The smallest absolute Gasteiger partial charge is 0.341 e. The Bertz CT molecular complexity index is 398. The van der Waals surface area contributed by atoms with Gasteiger partial charge in [0.2, 0.25) is 5.88 Å². The molecule has 0 spiro atoms. The number of carboxylic acids is 1. The largest absolute Gasteiger partial charge is 0.477 e. The molecule has 0 aliphatic heterocycles. The monoisotopic (exact) mass is 195 g/mol. The van der Waals surface area contributed by atoms with Crippen LogP contribution in [0.5, 0.6) is 5.88 Å². The zero-order chi connectivity index (χ0) is 10.6. The van der Waals surface area contributed by atoms with E-state index in [9.17, 15) is 9.18 Å². The number of nitrogens with zero attached hydrogens (tertiary/aromatic N) is 1. The third-order valence-electron chi connectivity index (χ3n) is 1.34. The summed E-state index contributed by atoms with van der Waals surface area (Å²) in [6, 6.07) is 0.821. The van der Waals surface area contributed by atoms with Gasteiger partial charge in [-0.2, -0.15) is 0 Å². The van der Waals surface area contributed by atoms with Gasteiger partial charge >= 0.3 is 5.97 Å². The number of rotatable bonds is 3. The van der Waals surface area contributed by atoms with Crippen molar-refractivity contribution in [3.63, 3.8) is 0 Å². The van der Waals surface area contributed by atoms with E-state index in [-0.39, 0.29) is 18.1 Å². The zero-order valence-corrected chi connectivity index (χ0v) is 7.03. The molecule has 0 saturated carbocycles. The highest BCUT2D eigenvalue weighted by Gasteiger charge is 2.13.